The molecule has 3 heterocycles. The van der Waals surface area contributed by atoms with Gasteiger partial charge in [0.2, 0.25) is 0 Å². The lowest BCUT2D eigenvalue weighted by Crippen LogP contribution is -2.53. The molecule has 0 aliphatic carbocycles. The van der Waals surface area contributed by atoms with E-state index in [-0.39, 0.29) is 23.5 Å². The Morgan fingerprint density at radius 2 is 2.07 bits per heavy atom. The SMILES string of the molecule is Cc1cc(F)ccc1C1CCN(C(=O)N[C@H]2CCO[C@@]3(CCOC3)C2)CC1. The third-order valence-electron chi connectivity index (χ3n) is 6.34. The number of ether oxygens (including phenoxy) is 2. The number of likely N-dealkylation sites (tertiary alicyclic amines) is 1. The Morgan fingerprint density at radius 1 is 1.26 bits per heavy atom. The van der Waals surface area contributed by atoms with Gasteiger partial charge in [0, 0.05) is 38.8 Å². The van der Waals surface area contributed by atoms with Crippen molar-refractivity contribution >= 4 is 6.03 Å². The number of carbonyl (C=O) groups excluding carboxylic acids is 1. The largest absolute Gasteiger partial charge is 0.378 e. The molecule has 1 spiro atoms. The van der Waals surface area contributed by atoms with Gasteiger partial charge in [-0.3, -0.25) is 0 Å². The molecule has 3 saturated heterocycles. The van der Waals surface area contributed by atoms with Crippen LogP contribution in [0.3, 0.4) is 0 Å². The summed E-state index contributed by atoms with van der Waals surface area (Å²) < 4.78 is 24.8. The van der Waals surface area contributed by atoms with Crippen molar-refractivity contribution in [2.45, 2.75) is 56.6 Å². The van der Waals surface area contributed by atoms with E-state index in [0.29, 0.717) is 19.1 Å². The van der Waals surface area contributed by atoms with Gasteiger partial charge in [0.25, 0.3) is 0 Å². The quantitative estimate of drug-likeness (QED) is 0.861. The third kappa shape index (κ3) is 4.11. The van der Waals surface area contributed by atoms with Crippen molar-refractivity contribution in [3.05, 3.63) is 35.1 Å². The van der Waals surface area contributed by atoms with Gasteiger partial charge in [-0.2, -0.15) is 0 Å². The summed E-state index contributed by atoms with van der Waals surface area (Å²) in [5, 5.41) is 3.22. The van der Waals surface area contributed by atoms with Gasteiger partial charge < -0.3 is 19.7 Å². The molecule has 0 saturated carbocycles. The number of amides is 2. The summed E-state index contributed by atoms with van der Waals surface area (Å²) in [6.45, 7) is 5.51. The second-order valence-electron chi connectivity index (χ2n) is 8.24. The monoisotopic (exact) mass is 376 g/mol. The van der Waals surface area contributed by atoms with Crippen molar-refractivity contribution in [3.8, 4) is 0 Å². The van der Waals surface area contributed by atoms with Crippen LogP contribution in [0.5, 0.6) is 0 Å². The number of nitrogens with one attached hydrogen (secondary N) is 1. The van der Waals surface area contributed by atoms with Crippen LogP contribution in [-0.4, -0.2) is 55.5 Å². The van der Waals surface area contributed by atoms with E-state index in [1.54, 1.807) is 6.07 Å². The highest BCUT2D eigenvalue weighted by Crippen LogP contribution is 2.33. The first-order chi connectivity index (χ1) is 13.0. The summed E-state index contributed by atoms with van der Waals surface area (Å²) in [5.41, 5.74) is 2.02. The lowest BCUT2D eigenvalue weighted by Gasteiger charge is -2.39. The molecule has 1 N–H and O–H groups in total. The molecule has 0 bridgehead atoms. The maximum atomic E-state index is 13.3. The zero-order valence-corrected chi connectivity index (χ0v) is 16.0. The summed E-state index contributed by atoms with van der Waals surface area (Å²) in [7, 11) is 0. The van der Waals surface area contributed by atoms with Crippen molar-refractivity contribution in [3.63, 3.8) is 0 Å². The van der Waals surface area contributed by atoms with Crippen LogP contribution in [0.1, 0.15) is 49.1 Å². The molecule has 0 unspecified atom stereocenters. The minimum Gasteiger partial charge on any atom is -0.378 e. The van der Waals surface area contributed by atoms with Crippen molar-refractivity contribution < 1.29 is 18.7 Å². The minimum absolute atomic E-state index is 0.0326. The smallest absolute Gasteiger partial charge is 0.317 e. The Bertz CT molecular complexity index is 682. The number of piperidine rings is 1. The minimum atomic E-state index is -0.191. The van der Waals surface area contributed by atoms with E-state index < -0.39 is 0 Å². The number of nitrogens with zero attached hydrogens (tertiary/aromatic N) is 1. The molecule has 1 aromatic carbocycles. The number of benzene rings is 1. The number of urea groups is 1. The van der Waals surface area contributed by atoms with Crippen molar-refractivity contribution in [1.82, 2.24) is 10.2 Å². The highest BCUT2D eigenvalue weighted by Gasteiger charge is 2.41. The third-order valence-corrected chi connectivity index (χ3v) is 6.34. The van der Waals surface area contributed by atoms with Gasteiger partial charge in [-0.05, 0) is 61.8 Å². The van der Waals surface area contributed by atoms with Crippen LogP contribution < -0.4 is 5.32 Å². The molecule has 3 aliphatic rings. The number of hydrogen-bond acceptors (Lipinski definition) is 3. The van der Waals surface area contributed by atoms with Crippen LogP contribution in [0, 0.1) is 12.7 Å². The topological polar surface area (TPSA) is 50.8 Å². The zero-order valence-electron chi connectivity index (χ0n) is 16.0. The predicted molar refractivity (Wildman–Crippen MR) is 100 cm³/mol. The lowest BCUT2D eigenvalue weighted by molar-refractivity contribution is -0.0881. The van der Waals surface area contributed by atoms with Crippen LogP contribution in [0.15, 0.2) is 18.2 Å². The van der Waals surface area contributed by atoms with E-state index >= 15 is 0 Å². The van der Waals surface area contributed by atoms with Gasteiger partial charge in [-0.25, -0.2) is 9.18 Å². The normalized spacial score (nSPS) is 29.3. The molecule has 27 heavy (non-hydrogen) atoms. The van der Waals surface area contributed by atoms with Crippen LogP contribution in [-0.2, 0) is 9.47 Å². The Balaban J connectivity index is 1.29. The van der Waals surface area contributed by atoms with E-state index in [4.69, 9.17) is 9.47 Å². The van der Waals surface area contributed by atoms with Crippen LogP contribution >= 0.6 is 0 Å². The second-order valence-corrected chi connectivity index (χ2v) is 8.24. The van der Waals surface area contributed by atoms with Gasteiger partial charge in [0.05, 0.1) is 12.2 Å². The molecular weight excluding hydrogens is 347 g/mol. The predicted octanol–water partition coefficient (Wildman–Crippen LogP) is 3.36. The van der Waals surface area contributed by atoms with Crippen molar-refractivity contribution in [2.75, 3.05) is 32.9 Å². The summed E-state index contributed by atoms with van der Waals surface area (Å²) >= 11 is 0. The second kappa shape index (κ2) is 7.76. The molecule has 148 valence electrons. The van der Waals surface area contributed by atoms with Gasteiger partial charge in [-0.1, -0.05) is 6.07 Å². The fourth-order valence-electron chi connectivity index (χ4n) is 4.77. The van der Waals surface area contributed by atoms with Crippen molar-refractivity contribution in [1.29, 1.82) is 0 Å². The van der Waals surface area contributed by atoms with Gasteiger partial charge in [0.15, 0.2) is 0 Å². The number of aryl methyl sites for hydroxylation is 1. The highest BCUT2D eigenvalue weighted by molar-refractivity contribution is 5.74. The molecular formula is C21H29FN2O3. The fourth-order valence-corrected chi connectivity index (χ4v) is 4.77. The molecule has 5 nitrogen and oxygen atoms in total. The molecule has 4 rings (SSSR count). The Labute approximate surface area is 160 Å². The number of carbonyl (C=O) groups is 1. The van der Waals surface area contributed by atoms with Gasteiger partial charge >= 0.3 is 6.03 Å². The standard InChI is InChI=1S/C21H29FN2O3/c1-15-12-17(22)2-3-19(15)16-4-8-24(9-5-16)20(25)23-18-6-10-27-21(13-18)7-11-26-14-21/h2-3,12,16,18H,4-11,13-14H2,1H3,(H,23,25)/t18-,21-/m0/s1. The number of rotatable bonds is 2. The molecule has 1 aromatic rings. The van der Waals surface area contributed by atoms with Gasteiger partial charge in [-0.15, -0.1) is 0 Å². The molecule has 3 fully saturated rings. The summed E-state index contributed by atoms with van der Waals surface area (Å²) in [4.78, 5) is 14.6. The van der Waals surface area contributed by atoms with E-state index in [1.165, 1.54) is 11.6 Å². The van der Waals surface area contributed by atoms with E-state index in [2.05, 4.69) is 5.32 Å². The van der Waals surface area contributed by atoms with Crippen LogP contribution in [0.4, 0.5) is 9.18 Å². The molecule has 2 atom stereocenters. The summed E-state index contributed by atoms with van der Waals surface area (Å²) in [6.07, 6.45) is 4.46. The maximum absolute atomic E-state index is 13.3. The average Bonchev–Trinajstić information content (AvgIpc) is 3.09. The summed E-state index contributed by atoms with van der Waals surface area (Å²) in [5.74, 6) is 0.214. The van der Waals surface area contributed by atoms with Crippen molar-refractivity contribution in [2.24, 2.45) is 0 Å². The highest BCUT2D eigenvalue weighted by atomic mass is 19.1. The zero-order chi connectivity index (χ0) is 18.9. The first-order valence-corrected chi connectivity index (χ1v) is 10.1. The molecule has 2 amide bonds. The maximum Gasteiger partial charge on any atom is 0.317 e. The molecule has 6 heteroatoms. The van der Waals surface area contributed by atoms with Crippen LogP contribution in [0.25, 0.3) is 0 Å². The summed E-state index contributed by atoms with van der Waals surface area (Å²) in [6, 6.07) is 5.23. The Morgan fingerprint density at radius 3 is 2.78 bits per heavy atom. The lowest BCUT2D eigenvalue weighted by atomic mass is 9.87. The van der Waals surface area contributed by atoms with E-state index in [0.717, 1.165) is 57.4 Å². The first kappa shape index (κ1) is 18.7. The first-order valence-electron chi connectivity index (χ1n) is 10.1. The fraction of sp³-hybridized carbons (Fsp3) is 0.667. The van der Waals surface area contributed by atoms with Gasteiger partial charge in [0.1, 0.15) is 5.82 Å². The number of hydrogen-bond donors (Lipinski definition) is 1. The molecule has 0 radical (unpaired) electrons. The Hall–Kier alpha value is -1.66. The molecule has 3 aliphatic heterocycles. The van der Waals surface area contributed by atoms with E-state index in [9.17, 15) is 9.18 Å². The molecule has 0 aromatic heterocycles. The van der Waals surface area contributed by atoms with E-state index in [1.807, 2.05) is 17.9 Å². The average molecular weight is 376 g/mol. The van der Waals surface area contributed by atoms with Crippen LogP contribution in [0.2, 0.25) is 0 Å². The Kier molecular flexibility index (Phi) is 5.37. The number of halogens is 1.